The van der Waals surface area contributed by atoms with Crippen LogP contribution in [0.3, 0.4) is 0 Å². The molecule has 0 aliphatic carbocycles. The van der Waals surface area contributed by atoms with Crippen molar-refractivity contribution in [2.75, 3.05) is 0 Å². The molecule has 128 valence electrons. The van der Waals surface area contributed by atoms with Crippen molar-refractivity contribution in [2.24, 2.45) is 0 Å². The van der Waals surface area contributed by atoms with Crippen LogP contribution in [0.4, 0.5) is 0 Å². The number of benzene rings is 2. The Bertz CT molecular complexity index is 1130. The molecule has 7 nitrogen and oxygen atoms in total. The standard InChI is InChI=1S/C19H15N5O2/c25-17-9-15(14-6-1-2-7-16(14)23-17)19(26)20-10-12-4-3-5-13(8-12)18-21-11-22-24-18/h1-9,11H,10H2,(H,20,26)(H,23,25)(H,21,22,24). The maximum absolute atomic E-state index is 12.6. The van der Waals surface area contributed by atoms with Gasteiger partial charge in [0.15, 0.2) is 5.82 Å². The fourth-order valence-corrected chi connectivity index (χ4v) is 2.84. The van der Waals surface area contributed by atoms with Crippen LogP contribution in [0.25, 0.3) is 22.3 Å². The molecular weight excluding hydrogens is 330 g/mol. The summed E-state index contributed by atoms with van der Waals surface area (Å²) >= 11 is 0. The minimum absolute atomic E-state index is 0.294. The van der Waals surface area contributed by atoms with Crippen LogP contribution < -0.4 is 10.9 Å². The second-order valence-corrected chi connectivity index (χ2v) is 5.81. The number of carbonyl (C=O) groups excluding carboxylic acids is 1. The van der Waals surface area contributed by atoms with Gasteiger partial charge in [0.25, 0.3) is 5.91 Å². The molecule has 2 heterocycles. The predicted molar refractivity (Wildman–Crippen MR) is 97.6 cm³/mol. The number of pyridine rings is 1. The molecule has 0 radical (unpaired) electrons. The number of nitrogens with one attached hydrogen (secondary N) is 3. The highest BCUT2D eigenvalue weighted by Crippen LogP contribution is 2.17. The quantitative estimate of drug-likeness (QED) is 0.528. The summed E-state index contributed by atoms with van der Waals surface area (Å²) in [5.41, 5.74) is 2.49. The first-order valence-electron chi connectivity index (χ1n) is 8.06. The minimum atomic E-state index is -0.304. The number of nitrogens with zero attached hydrogens (tertiary/aromatic N) is 2. The van der Waals surface area contributed by atoms with Crippen molar-refractivity contribution in [3.8, 4) is 11.4 Å². The van der Waals surface area contributed by atoms with E-state index in [1.165, 1.54) is 12.4 Å². The number of aromatic nitrogens is 4. The fraction of sp³-hybridized carbons (Fsp3) is 0.0526. The second-order valence-electron chi connectivity index (χ2n) is 5.81. The Morgan fingerprint density at radius 3 is 2.81 bits per heavy atom. The van der Waals surface area contributed by atoms with E-state index >= 15 is 0 Å². The molecule has 0 bridgehead atoms. The molecule has 0 fully saturated rings. The van der Waals surface area contributed by atoms with E-state index < -0.39 is 0 Å². The van der Waals surface area contributed by atoms with E-state index in [0.29, 0.717) is 28.8 Å². The molecule has 0 spiro atoms. The summed E-state index contributed by atoms with van der Waals surface area (Å²) < 4.78 is 0. The highest BCUT2D eigenvalue weighted by Gasteiger charge is 2.11. The van der Waals surface area contributed by atoms with E-state index in [4.69, 9.17) is 0 Å². The lowest BCUT2D eigenvalue weighted by atomic mass is 10.1. The van der Waals surface area contributed by atoms with Crippen LogP contribution in [-0.4, -0.2) is 26.1 Å². The van der Waals surface area contributed by atoms with Crippen molar-refractivity contribution in [1.82, 2.24) is 25.5 Å². The van der Waals surface area contributed by atoms with Crippen molar-refractivity contribution in [1.29, 1.82) is 0 Å². The van der Waals surface area contributed by atoms with Gasteiger partial charge in [-0.3, -0.25) is 14.7 Å². The van der Waals surface area contributed by atoms with E-state index in [1.54, 1.807) is 6.07 Å². The fourth-order valence-electron chi connectivity index (χ4n) is 2.84. The third kappa shape index (κ3) is 3.10. The third-order valence-corrected chi connectivity index (χ3v) is 4.06. The van der Waals surface area contributed by atoms with Crippen LogP contribution >= 0.6 is 0 Å². The topological polar surface area (TPSA) is 104 Å². The van der Waals surface area contributed by atoms with Crippen LogP contribution in [0.5, 0.6) is 0 Å². The zero-order valence-corrected chi connectivity index (χ0v) is 13.7. The number of amides is 1. The van der Waals surface area contributed by atoms with E-state index in [-0.39, 0.29) is 11.5 Å². The lowest BCUT2D eigenvalue weighted by Crippen LogP contribution is -2.24. The molecule has 26 heavy (non-hydrogen) atoms. The zero-order chi connectivity index (χ0) is 17.9. The van der Waals surface area contributed by atoms with Gasteiger partial charge in [-0.2, -0.15) is 5.10 Å². The average Bonchev–Trinajstić information content (AvgIpc) is 3.20. The molecule has 1 amide bonds. The second kappa shape index (κ2) is 6.64. The van der Waals surface area contributed by atoms with Gasteiger partial charge in [-0.05, 0) is 17.7 Å². The molecule has 4 rings (SSSR count). The third-order valence-electron chi connectivity index (χ3n) is 4.06. The van der Waals surface area contributed by atoms with Gasteiger partial charge >= 0.3 is 0 Å². The van der Waals surface area contributed by atoms with Gasteiger partial charge in [-0.1, -0.05) is 36.4 Å². The molecule has 4 aromatic rings. The number of aromatic amines is 2. The van der Waals surface area contributed by atoms with Gasteiger partial charge in [-0.25, -0.2) is 4.98 Å². The summed E-state index contributed by atoms with van der Waals surface area (Å²) in [7, 11) is 0. The summed E-state index contributed by atoms with van der Waals surface area (Å²) in [5.74, 6) is 0.371. The van der Waals surface area contributed by atoms with Crippen LogP contribution in [-0.2, 0) is 6.54 Å². The van der Waals surface area contributed by atoms with Crippen LogP contribution in [0.2, 0.25) is 0 Å². The highest BCUT2D eigenvalue weighted by molar-refractivity contribution is 6.05. The maximum atomic E-state index is 12.6. The van der Waals surface area contributed by atoms with Gasteiger partial charge in [0.2, 0.25) is 5.56 Å². The van der Waals surface area contributed by atoms with Crippen molar-refractivity contribution in [2.45, 2.75) is 6.54 Å². The van der Waals surface area contributed by atoms with Gasteiger partial charge in [0.1, 0.15) is 6.33 Å². The Hall–Kier alpha value is -3.74. The summed E-state index contributed by atoms with van der Waals surface area (Å²) in [6.45, 7) is 0.335. The monoisotopic (exact) mass is 345 g/mol. The molecule has 0 unspecified atom stereocenters. The number of H-pyrrole nitrogens is 2. The Morgan fingerprint density at radius 1 is 1.08 bits per heavy atom. The number of carbonyl (C=O) groups is 1. The predicted octanol–water partition coefficient (Wildman–Crippen LogP) is 2.24. The lowest BCUT2D eigenvalue weighted by Gasteiger charge is -2.08. The van der Waals surface area contributed by atoms with Gasteiger partial charge in [0.05, 0.1) is 5.56 Å². The molecule has 2 aromatic heterocycles. The van der Waals surface area contributed by atoms with Gasteiger partial charge < -0.3 is 10.3 Å². The number of rotatable bonds is 4. The molecule has 7 heteroatoms. The van der Waals surface area contributed by atoms with E-state index in [0.717, 1.165) is 11.1 Å². The summed E-state index contributed by atoms with van der Waals surface area (Å²) in [4.78, 5) is 31.3. The van der Waals surface area contributed by atoms with Crippen LogP contribution in [0.15, 0.2) is 65.7 Å². The lowest BCUT2D eigenvalue weighted by molar-refractivity contribution is 0.0952. The summed E-state index contributed by atoms with van der Waals surface area (Å²) in [6, 6.07) is 16.2. The van der Waals surface area contributed by atoms with E-state index in [2.05, 4.69) is 25.5 Å². The number of para-hydroxylation sites is 1. The average molecular weight is 345 g/mol. The van der Waals surface area contributed by atoms with Crippen LogP contribution in [0, 0.1) is 0 Å². The smallest absolute Gasteiger partial charge is 0.252 e. The van der Waals surface area contributed by atoms with Crippen molar-refractivity contribution in [3.05, 3.63) is 82.4 Å². The molecule has 0 saturated carbocycles. The SMILES string of the molecule is O=C(NCc1cccc(-c2ncn[nH]2)c1)c1cc(=O)[nH]c2ccccc12. The first-order valence-corrected chi connectivity index (χ1v) is 8.06. The normalized spacial score (nSPS) is 10.8. The molecule has 0 saturated heterocycles. The molecule has 3 N–H and O–H groups in total. The minimum Gasteiger partial charge on any atom is -0.348 e. The van der Waals surface area contributed by atoms with Crippen molar-refractivity contribution in [3.63, 3.8) is 0 Å². The van der Waals surface area contributed by atoms with E-state index in [1.807, 2.05) is 42.5 Å². The van der Waals surface area contributed by atoms with Crippen LogP contribution in [0.1, 0.15) is 15.9 Å². The zero-order valence-electron chi connectivity index (χ0n) is 13.7. The van der Waals surface area contributed by atoms with E-state index in [9.17, 15) is 9.59 Å². The molecule has 0 aliphatic rings. The van der Waals surface area contributed by atoms with Gasteiger partial charge in [0, 0.05) is 29.1 Å². The Balaban J connectivity index is 1.57. The number of hydrogen-bond acceptors (Lipinski definition) is 4. The first-order chi connectivity index (χ1) is 12.7. The van der Waals surface area contributed by atoms with Crippen molar-refractivity contribution >= 4 is 16.8 Å². The number of hydrogen-bond donors (Lipinski definition) is 3. The molecule has 2 aromatic carbocycles. The molecule has 0 atom stereocenters. The van der Waals surface area contributed by atoms with Gasteiger partial charge in [-0.15, -0.1) is 0 Å². The maximum Gasteiger partial charge on any atom is 0.252 e. The Labute approximate surface area is 148 Å². The highest BCUT2D eigenvalue weighted by atomic mass is 16.2. The molecule has 0 aliphatic heterocycles. The largest absolute Gasteiger partial charge is 0.348 e. The Morgan fingerprint density at radius 2 is 1.96 bits per heavy atom. The number of fused-ring (bicyclic) bond motifs is 1. The Kier molecular flexibility index (Phi) is 4.03. The van der Waals surface area contributed by atoms with Crippen molar-refractivity contribution < 1.29 is 4.79 Å². The molecular formula is C19H15N5O2. The summed E-state index contributed by atoms with van der Waals surface area (Å²) in [6.07, 6.45) is 1.45. The first kappa shape index (κ1) is 15.8. The summed E-state index contributed by atoms with van der Waals surface area (Å²) in [5, 5.41) is 10.2.